The summed E-state index contributed by atoms with van der Waals surface area (Å²) >= 11 is 6.96. The van der Waals surface area contributed by atoms with Crippen LogP contribution in [0.4, 0.5) is 0 Å². The van der Waals surface area contributed by atoms with Crippen LogP contribution in [0.15, 0.2) is 45.5 Å². The Balaban J connectivity index is 1.93. The van der Waals surface area contributed by atoms with Crippen molar-refractivity contribution >= 4 is 31.9 Å². The fraction of sp³-hybridized carbons (Fsp3) is 0.312. The van der Waals surface area contributed by atoms with Crippen molar-refractivity contribution in [1.29, 1.82) is 0 Å². The van der Waals surface area contributed by atoms with E-state index < -0.39 is 0 Å². The molecule has 110 valence electrons. The van der Waals surface area contributed by atoms with Gasteiger partial charge in [-0.05, 0) is 52.8 Å². The van der Waals surface area contributed by atoms with E-state index in [-0.39, 0.29) is 12.1 Å². The van der Waals surface area contributed by atoms with E-state index >= 15 is 0 Å². The highest BCUT2D eigenvalue weighted by molar-refractivity contribution is 9.10. The number of rotatable bonds is 3. The fourth-order valence-electron chi connectivity index (χ4n) is 2.64. The summed E-state index contributed by atoms with van der Waals surface area (Å²) in [7, 11) is 0. The Morgan fingerprint density at radius 2 is 2.05 bits per heavy atom. The van der Waals surface area contributed by atoms with Crippen molar-refractivity contribution in [2.24, 2.45) is 0 Å². The molecule has 0 bridgehead atoms. The Labute approximate surface area is 141 Å². The molecule has 0 fully saturated rings. The number of halogens is 2. The number of hydrogen-bond donors (Lipinski definition) is 1. The van der Waals surface area contributed by atoms with Crippen LogP contribution in [0, 0.1) is 0 Å². The van der Waals surface area contributed by atoms with Gasteiger partial charge in [-0.25, -0.2) is 0 Å². The van der Waals surface area contributed by atoms with Gasteiger partial charge in [-0.3, -0.25) is 4.98 Å². The molecule has 21 heavy (non-hydrogen) atoms. The zero-order valence-corrected chi connectivity index (χ0v) is 14.8. The van der Waals surface area contributed by atoms with E-state index in [4.69, 9.17) is 4.74 Å². The Morgan fingerprint density at radius 1 is 1.24 bits per heavy atom. The minimum absolute atomic E-state index is 0.0178. The number of fused-ring (bicyclic) bond motifs is 1. The summed E-state index contributed by atoms with van der Waals surface area (Å²) in [5.41, 5.74) is 2.18. The smallest absolute Gasteiger partial charge is 0.142 e. The molecule has 2 heterocycles. The molecule has 3 nitrogen and oxygen atoms in total. The largest absolute Gasteiger partial charge is 0.484 e. The Morgan fingerprint density at radius 3 is 2.76 bits per heavy atom. The van der Waals surface area contributed by atoms with Crippen molar-refractivity contribution in [1.82, 2.24) is 10.3 Å². The van der Waals surface area contributed by atoms with Crippen molar-refractivity contribution in [3.05, 3.63) is 56.7 Å². The van der Waals surface area contributed by atoms with E-state index in [1.807, 2.05) is 30.5 Å². The summed E-state index contributed by atoms with van der Waals surface area (Å²) < 4.78 is 8.21. The van der Waals surface area contributed by atoms with Crippen LogP contribution in [-0.2, 0) is 0 Å². The average Bonchev–Trinajstić information content (AvgIpc) is 2.48. The summed E-state index contributed by atoms with van der Waals surface area (Å²) in [6.45, 7) is 3.05. The molecular weight excluding hydrogens is 396 g/mol. The van der Waals surface area contributed by atoms with Crippen molar-refractivity contribution < 1.29 is 4.74 Å². The summed E-state index contributed by atoms with van der Waals surface area (Å²) in [6.07, 6.45) is 2.68. The molecular formula is C16H16Br2N2O. The highest BCUT2D eigenvalue weighted by Crippen LogP contribution is 2.41. The van der Waals surface area contributed by atoms with Gasteiger partial charge in [0.2, 0.25) is 0 Å². The Kier molecular flexibility index (Phi) is 4.62. The number of aromatic nitrogens is 1. The standard InChI is InChI=1S/C16H16Br2N2O/c1-2-19-14-8-16(13-5-3-11(18)9-20-13)21-15-6-4-10(17)7-12(14)15/h3-7,9,14,16,19H,2,8H2,1H3. The second-order valence-electron chi connectivity index (χ2n) is 5.04. The van der Waals surface area contributed by atoms with Gasteiger partial charge in [0.05, 0.1) is 5.69 Å². The summed E-state index contributed by atoms with van der Waals surface area (Å²) in [5.74, 6) is 0.935. The maximum absolute atomic E-state index is 6.15. The predicted molar refractivity (Wildman–Crippen MR) is 90.5 cm³/mol. The molecule has 0 aliphatic carbocycles. The number of pyridine rings is 1. The number of nitrogens with one attached hydrogen (secondary N) is 1. The topological polar surface area (TPSA) is 34.2 Å². The fourth-order valence-corrected chi connectivity index (χ4v) is 3.25. The number of nitrogens with zero attached hydrogens (tertiary/aromatic N) is 1. The number of hydrogen-bond acceptors (Lipinski definition) is 3. The van der Waals surface area contributed by atoms with Gasteiger partial charge in [-0.15, -0.1) is 0 Å². The average molecular weight is 412 g/mol. The summed E-state index contributed by atoms with van der Waals surface area (Å²) in [5, 5.41) is 3.54. The van der Waals surface area contributed by atoms with Crippen molar-refractivity contribution in [2.45, 2.75) is 25.5 Å². The van der Waals surface area contributed by atoms with Gasteiger partial charge in [0.15, 0.2) is 0 Å². The van der Waals surface area contributed by atoms with Crippen LogP contribution in [0.3, 0.4) is 0 Å². The van der Waals surface area contributed by atoms with Gasteiger partial charge >= 0.3 is 0 Å². The van der Waals surface area contributed by atoms with E-state index in [9.17, 15) is 0 Å². The minimum Gasteiger partial charge on any atom is -0.484 e. The second kappa shape index (κ2) is 6.46. The minimum atomic E-state index is -0.0178. The molecule has 0 amide bonds. The van der Waals surface area contributed by atoms with Gasteiger partial charge in [-0.1, -0.05) is 22.9 Å². The highest BCUT2D eigenvalue weighted by atomic mass is 79.9. The van der Waals surface area contributed by atoms with Crippen LogP contribution in [0.5, 0.6) is 5.75 Å². The van der Waals surface area contributed by atoms with Crippen molar-refractivity contribution in [3.8, 4) is 5.75 Å². The third kappa shape index (κ3) is 3.30. The van der Waals surface area contributed by atoms with E-state index in [0.717, 1.165) is 33.4 Å². The lowest BCUT2D eigenvalue weighted by Gasteiger charge is -2.32. The third-order valence-corrected chi connectivity index (χ3v) is 4.56. The molecule has 1 aliphatic rings. The quantitative estimate of drug-likeness (QED) is 0.788. The van der Waals surface area contributed by atoms with Crippen LogP contribution in [0.25, 0.3) is 0 Å². The second-order valence-corrected chi connectivity index (χ2v) is 6.87. The first-order valence-electron chi connectivity index (χ1n) is 6.98. The van der Waals surface area contributed by atoms with Crippen molar-refractivity contribution in [3.63, 3.8) is 0 Å². The first kappa shape index (κ1) is 15.0. The number of benzene rings is 1. The molecule has 2 unspecified atom stereocenters. The highest BCUT2D eigenvalue weighted by Gasteiger charge is 2.29. The lowest BCUT2D eigenvalue weighted by atomic mass is 9.95. The molecule has 1 aliphatic heterocycles. The lowest BCUT2D eigenvalue weighted by molar-refractivity contribution is 0.148. The lowest BCUT2D eigenvalue weighted by Crippen LogP contribution is -2.29. The van der Waals surface area contributed by atoms with Gasteiger partial charge in [0.25, 0.3) is 0 Å². The third-order valence-electron chi connectivity index (χ3n) is 3.60. The van der Waals surface area contributed by atoms with E-state index in [1.165, 1.54) is 5.56 Å². The predicted octanol–water partition coefficient (Wildman–Crippen LogP) is 4.78. The molecule has 1 aromatic heterocycles. The monoisotopic (exact) mass is 410 g/mol. The molecule has 1 N–H and O–H groups in total. The summed E-state index contributed by atoms with van der Waals surface area (Å²) in [6, 6.07) is 10.5. The first-order chi connectivity index (χ1) is 10.2. The van der Waals surface area contributed by atoms with Gasteiger partial charge in [-0.2, -0.15) is 0 Å². The Bertz CT molecular complexity index is 631. The normalized spacial score (nSPS) is 20.7. The molecule has 0 radical (unpaired) electrons. The Hall–Kier alpha value is -0.910. The van der Waals surface area contributed by atoms with Gasteiger partial charge < -0.3 is 10.1 Å². The molecule has 3 rings (SSSR count). The van der Waals surface area contributed by atoms with Crippen LogP contribution in [0.2, 0.25) is 0 Å². The van der Waals surface area contributed by atoms with Crippen LogP contribution in [-0.4, -0.2) is 11.5 Å². The van der Waals surface area contributed by atoms with Gasteiger partial charge in [0, 0.05) is 33.2 Å². The molecule has 5 heteroatoms. The molecule has 0 spiro atoms. The molecule has 2 aromatic rings. The van der Waals surface area contributed by atoms with E-state index in [2.05, 4.69) is 55.2 Å². The van der Waals surface area contributed by atoms with Crippen LogP contribution in [0.1, 0.15) is 36.7 Å². The summed E-state index contributed by atoms with van der Waals surface area (Å²) in [4.78, 5) is 4.48. The first-order valence-corrected chi connectivity index (χ1v) is 8.57. The zero-order chi connectivity index (χ0) is 14.8. The number of ether oxygens (including phenoxy) is 1. The molecule has 1 aromatic carbocycles. The molecule has 2 atom stereocenters. The zero-order valence-electron chi connectivity index (χ0n) is 11.6. The maximum atomic E-state index is 6.15. The maximum Gasteiger partial charge on any atom is 0.142 e. The van der Waals surface area contributed by atoms with Gasteiger partial charge in [0.1, 0.15) is 11.9 Å². The molecule has 0 saturated carbocycles. The van der Waals surface area contributed by atoms with Crippen molar-refractivity contribution in [2.75, 3.05) is 6.54 Å². The SMILES string of the molecule is CCNC1CC(c2ccc(Br)cn2)Oc2ccc(Br)cc21. The van der Waals surface area contributed by atoms with E-state index in [1.54, 1.807) is 0 Å². The van der Waals surface area contributed by atoms with Crippen LogP contribution >= 0.6 is 31.9 Å². The molecule has 0 saturated heterocycles. The van der Waals surface area contributed by atoms with E-state index in [0.29, 0.717) is 0 Å². The van der Waals surface area contributed by atoms with Crippen LogP contribution < -0.4 is 10.1 Å².